The number of hydrogen-bond acceptors (Lipinski definition) is 5. The van der Waals surface area contributed by atoms with Crippen molar-refractivity contribution >= 4 is 0 Å². The van der Waals surface area contributed by atoms with E-state index >= 15 is 0 Å². The van der Waals surface area contributed by atoms with Crippen LogP contribution in [0.25, 0.3) is 0 Å². The Kier molecular flexibility index (Phi) is 3.13. The molecule has 92 valence electrons. The number of hydrazine groups is 1. The molecular weight excluding hydrogens is 220 g/mol. The maximum Gasteiger partial charge on any atom is 0.231 e. The molecule has 17 heavy (non-hydrogen) atoms. The monoisotopic (exact) mass is 236 g/mol. The number of rotatable bonds is 3. The third-order valence-corrected chi connectivity index (χ3v) is 2.98. The van der Waals surface area contributed by atoms with Crippen molar-refractivity contribution in [1.29, 1.82) is 0 Å². The summed E-state index contributed by atoms with van der Waals surface area (Å²) in [6.45, 7) is 4.51. The summed E-state index contributed by atoms with van der Waals surface area (Å²) in [6, 6.07) is 5.98. The Balaban J connectivity index is 1.63. The summed E-state index contributed by atoms with van der Waals surface area (Å²) in [5, 5.41) is 2.18. The van der Waals surface area contributed by atoms with E-state index in [1.807, 2.05) is 12.1 Å². The van der Waals surface area contributed by atoms with E-state index in [-0.39, 0.29) is 0 Å². The van der Waals surface area contributed by atoms with Gasteiger partial charge in [0.05, 0.1) is 13.2 Å². The molecule has 0 spiro atoms. The van der Waals surface area contributed by atoms with E-state index in [2.05, 4.69) is 16.5 Å². The molecule has 1 aromatic rings. The van der Waals surface area contributed by atoms with Crippen molar-refractivity contribution in [3.63, 3.8) is 0 Å². The second-order valence-corrected chi connectivity index (χ2v) is 4.09. The number of hydrogen-bond donors (Lipinski definition) is 1. The fourth-order valence-electron chi connectivity index (χ4n) is 2.05. The Morgan fingerprint density at radius 1 is 1.18 bits per heavy atom. The first-order valence-corrected chi connectivity index (χ1v) is 5.87. The molecular formula is C12H16N2O3. The number of benzene rings is 1. The highest BCUT2D eigenvalue weighted by Crippen LogP contribution is 2.35. The van der Waals surface area contributed by atoms with Gasteiger partial charge < -0.3 is 14.2 Å². The van der Waals surface area contributed by atoms with Gasteiger partial charge in [-0.1, -0.05) is 12.1 Å². The van der Waals surface area contributed by atoms with E-state index in [0.29, 0.717) is 6.79 Å². The van der Waals surface area contributed by atoms with Crippen molar-refractivity contribution < 1.29 is 14.2 Å². The van der Waals surface area contributed by atoms with Crippen LogP contribution in [0.3, 0.4) is 0 Å². The average molecular weight is 236 g/mol. The molecule has 0 aromatic heterocycles. The zero-order chi connectivity index (χ0) is 11.5. The van der Waals surface area contributed by atoms with Gasteiger partial charge in [0.25, 0.3) is 0 Å². The Morgan fingerprint density at radius 2 is 2.06 bits per heavy atom. The van der Waals surface area contributed by atoms with Crippen molar-refractivity contribution in [3.8, 4) is 11.5 Å². The number of fused-ring (bicyclic) bond motifs is 1. The highest BCUT2D eigenvalue weighted by atomic mass is 16.7. The van der Waals surface area contributed by atoms with E-state index in [4.69, 9.17) is 14.2 Å². The Bertz CT molecular complexity index is 391. The number of ether oxygens (including phenoxy) is 3. The van der Waals surface area contributed by atoms with Gasteiger partial charge in [0.1, 0.15) is 0 Å². The maximum atomic E-state index is 5.46. The van der Waals surface area contributed by atoms with Crippen LogP contribution >= 0.6 is 0 Å². The molecule has 2 aliphatic heterocycles. The lowest BCUT2D eigenvalue weighted by atomic mass is 10.2. The first kappa shape index (κ1) is 10.8. The van der Waals surface area contributed by atoms with Crippen LogP contribution in [-0.2, 0) is 11.3 Å². The number of nitrogens with zero attached hydrogens (tertiary/aromatic N) is 1. The van der Waals surface area contributed by atoms with Gasteiger partial charge in [-0.25, -0.2) is 5.01 Å². The average Bonchev–Trinajstić information content (AvgIpc) is 2.86. The van der Waals surface area contributed by atoms with Gasteiger partial charge in [-0.05, 0) is 6.07 Å². The number of morpholine rings is 1. The SMILES string of the molecule is c1cc(CNN2CCOCC2)c2c(c1)OCO2. The maximum absolute atomic E-state index is 5.46. The van der Waals surface area contributed by atoms with Crippen molar-refractivity contribution in [2.45, 2.75) is 6.54 Å². The fourth-order valence-corrected chi connectivity index (χ4v) is 2.05. The minimum atomic E-state index is 0.323. The van der Waals surface area contributed by atoms with Gasteiger partial charge in [0.15, 0.2) is 11.5 Å². The molecule has 1 fully saturated rings. The van der Waals surface area contributed by atoms with E-state index in [1.54, 1.807) is 0 Å². The number of nitrogens with one attached hydrogen (secondary N) is 1. The lowest BCUT2D eigenvalue weighted by Gasteiger charge is -2.27. The van der Waals surface area contributed by atoms with Crippen LogP contribution in [0.4, 0.5) is 0 Å². The predicted octanol–water partition coefficient (Wildman–Crippen LogP) is 0.752. The minimum Gasteiger partial charge on any atom is -0.454 e. The standard InChI is InChI=1S/C12H16N2O3/c1-2-10(12-11(3-1)16-9-17-12)8-13-14-4-6-15-7-5-14/h1-3,13H,4-9H2. The molecule has 1 saturated heterocycles. The quantitative estimate of drug-likeness (QED) is 0.839. The van der Waals surface area contributed by atoms with Gasteiger partial charge in [0, 0.05) is 25.2 Å². The van der Waals surface area contributed by atoms with Crippen LogP contribution in [0.15, 0.2) is 18.2 Å². The van der Waals surface area contributed by atoms with Crippen LogP contribution in [0.5, 0.6) is 11.5 Å². The molecule has 1 aromatic carbocycles. The molecule has 1 N–H and O–H groups in total. The highest BCUT2D eigenvalue weighted by molar-refractivity contribution is 5.47. The minimum absolute atomic E-state index is 0.323. The highest BCUT2D eigenvalue weighted by Gasteiger charge is 2.17. The molecule has 0 amide bonds. The van der Waals surface area contributed by atoms with Gasteiger partial charge in [-0.15, -0.1) is 0 Å². The Morgan fingerprint density at radius 3 is 2.94 bits per heavy atom. The molecule has 2 aliphatic rings. The molecule has 0 unspecified atom stereocenters. The molecule has 0 aliphatic carbocycles. The van der Waals surface area contributed by atoms with Crippen LogP contribution in [0, 0.1) is 0 Å². The van der Waals surface area contributed by atoms with Crippen molar-refractivity contribution in [3.05, 3.63) is 23.8 Å². The molecule has 3 rings (SSSR count). The predicted molar refractivity (Wildman–Crippen MR) is 61.8 cm³/mol. The van der Waals surface area contributed by atoms with Crippen LogP contribution in [0.1, 0.15) is 5.56 Å². The zero-order valence-corrected chi connectivity index (χ0v) is 9.65. The summed E-state index contributed by atoms with van der Waals surface area (Å²) in [4.78, 5) is 0. The summed E-state index contributed by atoms with van der Waals surface area (Å²) in [6.07, 6.45) is 0. The zero-order valence-electron chi connectivity index (χ0n) is 9.65. The topological polar surface area (TPSA) is 43.0 Å². The summed E-state index contributed by atoms with van der Waals surface area (Å²) in [5.41, 5.74) is 4.52. The van der Waals surface area contributed by atoms with E-state index in [1.165, 1.54) is 0 Å². The van der Waals surface area contributed by atoms with Crippen LogP contribution in [-0.4, -0.2) is 38.1 Å². The first-order valence-electron chi connectivity index (χ1n) is 5.87. The number of para-hydroxylation sites is 1. The summed E-state index contributed by atoms with van der Waals surface area (Å²) < 4.78 is 16.1. The fraction of sp³-hybridized carbons (Fsp3) is 0.500. The Labute approximate surface area is 100 Å². The van der Waals surface area contributed by atoms with Crippen molar-refractivity contribution in [2.75, 3.05) is 33.1 Å². The molecule has 0 atom stereocenters. The molecule has 5 nitrogen and oxygen atoms in total. The van der Waals surface area contributed by atoms with Crippen LogP contribution in [0.2, 0.25) is 0 Å². The molecule has 5 heteroatoms. The molecule has 0 bridgehead atoms. The molecule has 0 radical (unpaired) electrons. The third kappa shape index (κ3) is 2.36. The largest absolute Gasteiger partial charge is 0.454 e. The lowest BCUT2D eigenvalue weighted by Crippen LogP contribution is -2.45. The second kappa shape index (κ2) is 4.91. The van der Waals surface area contributed by atoms with Gasteiger partial charge in [-0.3, -0.25) is 5.43 Å². The van der Waals surface area contributed by atoms with Gasteiger partial charge in [0.2, 0.25) is 6.79 Å². The van der Waals surface area contributed by atoms with Crippen molar-refractivity contribution in [1.82, 2.24) is 10.4 Å². The summed E-state index contributed by atoms with van der Waals surface area (Å²) in [5.74, 6) is 1.71. The van der Waals surface area contributed by atoms with E-state index < -0.39 is 0 Å². The Hall–Kier alpha value is -1.30. The second-order valence-electron chi connectivity index (χ2n) is 4.09. The molecule has 2 heterocycles. The third-order valence-electron chi connectivity index (χ3n) is 2.98. The first-order chi connectivity index (χ1) is 8.43. The lowest BCUT2D eigenvalue weighted by molar-refractivity contribution is 0.0104. The van der Waals surface area contributed by atoms with Crippen molar-refractivity contribution in [2.24, 2.45) is 0 Å². The molecule has 0 saturated carbocycles. The van der Waals surface area contributed by atoms with Gasteiger partial charge >= 0.3 is 0 Å². The smallest absolute Gasteiger partial charge is 0.231 e. The van der Waals surface area contributed by atoms with E-state index in [9.17, 15) is 0 Å². The van der Waals surface area contributed by atoms with Crippen LogP contribution < -0.4 is 14.9 Å². The summed E-state index contributed by atoms with van der Waals surface area (Å²) in [7, 11) is 0. The van der Waals surface area contributed by atoms with E-state index in [0.717, 1.165) is 49.9 Å². The van der Waals surface area contributed by atoms with Gasteiger partial charge in [-0.2, -0.15) is 0 Å². The summed E-state index contributed by atoms with van der Waals surface area (Å²) >= 11 is 0. The normalized spacial score (nSPS) is 19.5.